The van der Waals surface area contributed by atoms with Gasteiger partial charge in [-0.1, -0.05) is 34.6 Å². The highest BCUT2D eigenvalue weighted by molar-refractivity contribution is 7.90. The molecule has 28 heteroatoms. The molecule has 416 valence electrons. The van der Waals surface area contributed by atoms with Crippen LogP contribution in [0, 0.1) is 0 Å². The molecule has 0 spiro atoms. The maximum Gasteiger partial charge on any atom is 0.573 e. The third kappa shape index (κ3) is 21.2. The summed E-state index contributed by atoms with van der Waals surface area (Å²) >= 11 is 0. The van der Waals surface area contributed by atoms with Crippen LogP contribution in [0.3, 0.4) is 0 Å². The van der Waals surface area contributed by atoms with Crippen LogP contribution in [-0.4, -0.2) is 108 Å². The highest BCUT2D eigenvalue weighted by Crippen LogP contribution is 2.28. The van der Waals surface area contributed by atoms with Crippen LogP contribution >= 0.6 is 0 Å². The fourth-order valence-corrected chi connectivity index (χ4v) is 7.88. The number of alkyl halides is 6. The van der Waals surface area contributed by atoms with Gasteiger partial charge in [0.05, 0.1) is 43.4 Å². The predicted octanol–water partition coefficient (Wildman–Crippen LogP) is 7.41. The van der Waals surface area contributed by atoms with Crippen LogP contribution in [0.2, 0.25) is 0 Å². The first-order chi connectivity index (χ1) is 36.6. The first-order valence-corrected chi connectivity index (χ1v) is 26.7. The molecule has 0 saturated heterocycles. The van der Waals surface area contributed by atoms with Crippen molar-refractivity contribution in [1.29, 1.82) is 0 Å². The number of aromatic nitrogens is 4. The molecule has 0 fully saturated rings. The Bertz CT molecular complexity index is 3520. The number of aromatic carboxylic acids is 1. The minimum absolute atomic E-state index is 0.0322. The van der Waals surface area contributed by atoms with Gasteiger partial charge in [-0.3, -0.25) is 9.59 Å². The second-order valence-electron chi connectivity index (χ2n) is 16.6. The summed E-state index contributed by atoms with van der Waals surface area (Å²) in [6, 6.07) is 28.9. The molecule has 7 aromatic rings. The third-order valence-electron chi connectivity index (χ3n) is 10.1. The zero-order valence-electron chi connectivity index (χ0n) is 41.0. The molecule has 78 heavy (non-hydrogen) atoms. The van der Waals surface area contributed by atoms with Crippen molar-refractivity contribution in [1.82, 2.24) is 19.3 Å². The van der Waals surface area contributed by atoms with E-state index in [1.54, 1.807) is 42.6 Å². The summed E-state index contributed by atoms with van der Waals surface area (Å²) in [7, 11) is -6.06. The summed E-state index contributed by atoms with van der Waals surface area (Å²) in [5, 5.41) is 24.0. The van der Waals surface area contributed by atoms with Gasteiger partial charge < -0.3 is 48.7 Å². The van der Waals surface area contributed by atoms with Gasteiger partial charge in [-0.05, 0) is 109 Å². The van der Waals surface area contributed by atoms with Gasteiger partial charge >= 0.3 is 18.7 Å². The number of hydrogen-bond acceptors (Lipinski definition) is 16. The Morgan fingerprint density at radius 1 is 0.641 bits per heavy atom. The van der Waals surface area contributed by atoms with E-state index in [4.69, 9.17) is 30.0 Å². The quantitative estimate of drug-likeness (QED) is 0.0167. The van der Waals surface area contributed by atoms with E-state index in [0.29, 0.717) is 41.0 Å². The van der Waals surface area contributed by atoms with Gasteiger partial charge in [-0.2, -0.15) is 4.98 Å². The maximum absolute atomic E-state index is 12.5. The van der Waals surface area contributed by atoms with Crippen molar-refractivity contribution in [3.8, 4) is 45.8 Å². The molecule has 0 atom stereocenters. The summed E-state index contributed by atoms with van der Waals surface area (Å²) in [6.07, 6.45) is -3.35. The highest BCUT2D eigenvalue weighted by Gasteiger charge is 2.32. The molecular weight excluding hydrogens is 1090 g/mol. The van der Waals surface area contributed by atoms with Crippen LogP contribution in [0.25, 0.3) is 22.8 Å². The van der Waals surface area contributed by atoms with Gasteiger partial charge in [0.25, 0.3) is 17.0 Å². The molecule has 0 bridgehead atoms. The molecule has 0 saturated carbocycles. The number of carbonyl (C=O) groups is 1. The lowest BCUT2D eigenvalue weighted by atomic mass is 10.2. The lowest BCUT2D eigenvalue weighted by molar-refractivity contribution is -0.275. The SMILES string of the molecule is CS(=O)(=O)CCCOc1cccc(Cn2cc(-c3noc(-c4ccc(OC(F)(F)F)cc4)n3)ccc2=O)c1.CS(=O)(=O)CCCOc1cccc(Cn2cc(/C(N)=N/O)ccc2=O)c1.O=C(O)c1ccc(OC(F)(F)F)cc1. The number of carboxylic acids is 1. The summed E-state index contributed by atoms with van der Waals surface area (Å²) in [6.45, 7) is 1.03. The summed E-state index contributed by atoms with van der Waals surface area (Å²) in [4.78, 5) is 39.1. The van der Waals surface area contributed by atoms with Crippen molar-refractivity contribution >= 4 is 31.5 Å². The first-order valence-electron chi connectivity index (χ1n) is 22.6. The Morgan fingerprint density at radius 2 is 1.09 bits per heavy atom. The van der Waals surface area contributed by atoms with E-state index in [0.717, 1.165) is 47.5 Å². The van der Waals surface area contributed by atoms with Crippen molar-refractivity contribution < 1.29 is 81.8 Å². The number of oxime groups is 1. The van der Waals surface area contributed by atoms with Crippen LogP contribution < -0.4 is 35.8 Å². The Hall–Kier alpha value is -8.66. The number of rotatable bonds is 20. The minimum Gasteiger partial charge on any atom is -0.494 e. The van der Waals surface area contributed by atoms with E-state index in [1.165, 1.54) is 64.2 Å². The molecule has 3 heterocycles. The lowest BCUT2D eigenvalue weighted by Gasteiger charge is -2.10. The van der Waals surface area contributed by atoms with Crippen LogP contribution in [0.5, 0.6) is 23.0 Å². The topological polar surface area (TPSA) is 284 Å². The number of amidine groups is 1. The van der Waals surface area contributed by atoms with Gasteiger partial charge in [0.15, 0.2) is 5.84 Å². The molecule has 7 rings (SSSR count). The van der Waals surface area contributed by atoms with Crippen molar-refractivity contribution in [2.24, 2.45) is 10.9 Å². The van der Waals surface area contributed by atoms with Gasteiger partial charge in [0, 0.05) is 53.7 Å². The van der Waals surface area contributed by atoms with E-state index in [1.807, 2.05) is 12.1 Å². The number of sulfone groups is 2. The molecule has 20 nitrogen and oxygen atoms in total. The normalized spacial score (nSPS) is 11.8. The minimum atomic E-state index is -4.80. The number of halogens is 6. The van der Waals surface area contributed by atoms with Crippen molar-refractivity contribution in [3.63, 3.8) is 0 Å². The largest absolute Gasteiger partial charge is 0.573 e. The molecule has 0 aliphatic carbocycles. The number of hydrogen-bond donors (Lipinski definition) is 3. The van der Waals surface area contributed by atoms with Gasteiger partial charge in [-0.25, -0.2) is 21.6 Å². The Labute approximate surface area is 440 Å². The summed E-state index contributed by atoms with van der Waals surface area (Å²) in [5.41, 5.74) is 7.88. The Morgan fingerprint density at radius 3 is 1.55 bits per heavy atom. The second kappa shape index (κ2) is 26.9. The number of nitrogens with zero attached hydrogens (tertiary/aromatic N) is 5. The fourth-order valence-electron chi connectivity index (χ4n) is 6.59. The molecular formula is C50H48F6N6O14S2. The van der Waals surface area contributed by atoms with Gasteiger partial charge in [0.2, 0.25) is 5.82 Å². The molecule has 3 aromatic heterocycles. The van der Waals surface area contributed by atoms with Crippen molar-refractivity contribution in [2.45, 2.75) is 38.7 Å². The van der Waals surface area contributed by atoms with Gasteiger partial charge in [0.1, 0.15) is 42.7 Å². The van der Waals surface area contributed by atoms with Crippen molar-refractivity contribution in [2.75, 3.05) is 37.2 Å². The molecule has 0 aliphatic rings. The number of pyridine rings is 2. The monoisotopic (exact) mass is 1130 g/mol. The predicted molar refractivity (Wildman–Crippen MR) is 270 cm³/mol. The summed E-state index contributed by atoms with van der Waals surface area (Å²) < 4.78 is 144. The summed E-state index contributed by atoms with van der Waals surface area (Å²) in [5.74, 6) is -0.590. The molecule has 4 aromatic carbocycles. The molecule has 0 aliphatic heterocycles. The smallest absolute Gasteiger partial charge is 0.494 e. The number of carboxylic acid groups (broad SMARTS) is 1. The fraction of sp³-hybridized carbons (Fsp3) is 0.240. The average Bonchev–Trinajstić information content (AvgIpc) is 3.86. The van der Waals surface area contributed by atoms with Crippen molar-refractivity contribution in [3.05, 3.63) is 177 Å². The number of ether oxygens (including phenoxy) is 4. The van der Waals surface area contributed by atoms with Crippen LogP contribution in [0.1, 0.15) is 39.9 Å². The van der Waals surface area contributed by atoms with Crippen LogP contribution in [-0.2, 0) is 32.8 Å². The number of nitrogens with two attached hydrogens (primary N) is 1. The van der Waals surface area contributed by atoms with Crippen LogP contribution in [0.4, 0.5) is 26.3 Å². The molecule has 4 N–H and O–H groups in total. The zero-order valence-corrected chi connectivity index (χ0v) is 42.7. The molecule has 0 unspecified atom stereocenters. The maximum atomic E-state index is 12.5. The Kier molecular flexibility index (Phi) is 20.8. The molecule has 0 amide bonds. The standard InChI is InChI=1S/C25H22F3N3O6S.C17H21N3O5S.C8H5F3O3/c1-38(33,34)13-3-12-35-21-5-2-4-17(14-21)15-31-16-19(8-11-22(31)32)23-29-24(37-30-23)18-6-9-20(10-7-18)36-25(26,27)28;1-26(23,24)9-3-8-25-15-5-2-4-13(10-15)11-20-12-14(17(18)19-22)6-7-16(20)21;9-8(10,11)14-6-3-1-5(2-4-6)7(12)13/h2,4-11,14,16H,3,12-13,15H2,1H3;2,4-7,10,12,22H,3,8-9,11H2,1H3,(H2,18,19);1-4H,(H,12,13). The molecule has 0 radical (unpaired) electrons. The number of benzene rings is 4. The zero-order chi connectivity index (χ0) is 57.3. The highest BCUT2D eigenvalue weighted by atomic mass is 32.2. The van der Waals surface area contributed by atoms with E-state index in [2.05, 4.69) is 24.8 Å². The average molecular weight is 1140 g/mol. The second-order valence-corrected chi connectivity index (χ2v) is 21.1. The van der Waals surface area contributed by atoms with E-state index >= 15 is 0 Å². The van der Waals surface area contributed by atoms with E-state index < -0.39 is 44.1 Å². The lowest BCUT2D eigenvalue weighted by Crippen LogP contribution is -2.23. The van der Waals surface area contributed by atoms with Crippen LogP contribution in [0.15, 0.2) is 153 Å². The third-order valence-corrected chi connectivity index (χ3v) is 12.1. The van der Waals surface area contributed by atoms with E-state index in [9.17, 15) is 57.6 Å². The Balaban J connectivity index is 0.000000241. The van der Waals surface area contributed by atoms with Gasteiger partial charge in [-0.15, -0.1) is 26.3 Å². The first kappa shape index (κ1) is 60.2. The van der Waals surface area contributed by atoms with E-state index in [-0.39, 0.29) is 77.8 Å².